The van der Waals surface area contributed by atoms with Gasteiger partial charge in [0.25, 0.3) is 0 Å². The Bertz CT molecular complexity index is 565. The van der Waals surface area contributed by atoms with Gasteiger partial charge in [-0.3, -0.25) is 15.1 Å². The van der Waals surface area contributed by atoms with Crippen molar-refractivity contribution in [1.82, 2.24) is 10.3 Å². The monoisotopic (exact) mass is 363 g/mol. The van der Waals surface area contributed by atoms with Crippen LogP contribution >= 0.6 is 0 Å². The Morgan fingerprint density at radius 3 is 2.92 bits per heavy atom. The van der Waals surface area contributed by atoms with Crippen molar-refractivity contribution in [3.63, 3.8) is 0 Å². The first kappa shape index (κ1) is 20.5. The van der Waals surface area contributed by atoms with Gasteiger partial charge in [-0.1, -0.05) is 38.3 Å². The second kappa shape index (κ2) is 11.0. The van der Waals surface area contributed by atoms with Gasteiger partial charge in [-0.15, -0.1) is 0 Å². The molecule has 0 spiro atoms. The van der Waals surface area contributed by atoms with Gasteiger partial charge in [-0.05, 0) is 31.9 Å². The van der Waals surface area contributed by atoms with Gasteiger partial charge in [-0.2, -0.15) is 0 Å². The van der Waals surface area contributed by atoms with E-state index in [0.29, 0.717) is 6.61 Å². The molecule has 0 bridgehead atoms. The average Bonchev–Trinajstić information content (AvgIpc) is 2.68. The number of carbonyl (C=O) groups is 1. The van der Waals surface area contributed by atoms with Gasteiger partial charge in [0.1, 0.15) is 0 Å². The largest absolute Gasteiger partial charge is 0.493 e. The average molecular weight is 364 g/mol. The smallest absolute Gasteiger partial charge is 0.238 e. The van der Waals surface area contributed by atoms with E-state index >= 15 is 0 Å². The molecule has 1 aliphatic rings. The van der Waals surface area contributed by atoms with Crippen LogP contribution < -0.4 is 20.7 Å². The van der Waals surface area contributed by atoms with E-state index in [9.17, 15) is 4.79 Å². The number of amides is 1. The maximum absolute atomic E-state index is 11.9. The van der Waals surface area contributed by atoms with Crippen molar-refractivity contribution in [3.05, 3.63) is 23.8 Å². The molecule has 6 heteroatoms. The maximum Gasteiger partial charge on any atom is 0.238 e. The molecule has 1 aliphatic heterocycles. The summed E-state index contributed by atoms with van der Waals surface area (Å²) in [6.07, 6.45) is 6.57. The lowest BCUT2D eigenvalue weighted by atomic mass is 9.97. The van der Waals surface area contributed by atoms with Gasteiger partial charge < -0.3 is 9.47 Å². The summed E-state index contributed by atoms with van der Waals surface area (Å²) in [5.41, 5.74) is 3.39. The predicted octanol–water partition coefficient (Wildman–Crippen LogP) is 2.86. The molecule has 0 aromatic heterocycles. The Hall–Kier alpha value is -1.79. The van der Waals surface area contributed by atoms with E-state index < -0.39 is 0 Å². The fraction of sp³-hybridized carbons (Fsp3) is 0.650. The summed E-state index contributed by atoms with van der Waals surface area (Å²) in [5, 5.41) is 0. The molecule has 3 N–H and O–H groups in total. The molecule has 6 nitrogen and oxygen atoms in total. The number of hydrogen-bond donors (Lipinski definition) is 2. The summed E-state index contributed by atoms with van der Waals surface area (Å²) < 4.78 is 11.6. The molecular formula is C20H33N3O3. The van der Waals surface area contributed by atoms with Gasteiger partial charge in [0, 0.05) is 18.7 Å². The first-order chi connectivity index (χ1) is 12.7. The van der Waals surface area contributed by atoms with Crippen LogP contribution in [0.15, 0.2) is 18.2 Å². The SMILES string of the molecule is CCCCCCOc1c(CN2CCCC(C(=O)NN)C2)cccc1OC. The molecule has 1 atom stereocenters. The molecule has 1 saturated heterocycles. The lowest BCUT2D eigenvalue weighted by molar-refractivity contribution is -0.126. The van der Waals surface area contributed by atoms with Crippen molar-refractivity contribution in [3.8, 4) is 11.5 Å². The van der Waals surface area contributed by atoms with Crippen molar-refractivity contribution in [2.24, 2.45) is 11.8 Å². The lowest BCUT2D eigenvalue weighted by Crippen LogP contribution is -2.44. The topological polar surface area (TPSA) is 76.8 Å². The number of hydrazine groups is 1. The highest BCUT2D eigenvalue weighted by Gasteiger charge is 2.26. The van der Waals surface area contributed by atoms with E-state index in [2.05, 4.69) is 23.3 Å². The van der Waals surface area contributed by atoms with E-state index in [1.165, 1.54) is 19.3 Å². The number of likely N-dealkylation sites (tertiary alicyclic amines) is 1. The molecule has 1 aromatic carbocycles. The van der Waals surface area contributed by atoms with Crippen LogP contribution in [0.5, 0.6) is 11.5 Å². The van der Waals surface area contributed by atoms with Crippen LogP contribution in [-0.2, 0) is 11.3 Å². The van der Waals surface area contributed by atoms with E-state index in [-0.39, 0.29) is 11.8 Å². The van der Waals surface area contributed by atoms with E-state index in [1.54, 1.807) is 7.11 Å². The number of para-hydroxylation sites is 1. The van der Waals surface area contributed by atoms with Crippen LogP contribution in [0.1, 0.15) is 51.0 Å². The maximum atomic E-state index is 11.9. The normalized spacial score (nSPS) is 17.7. The van der Waals surface area contributed by atoms with Crippen LogP contribution in [0.3, 0.4) is 0 Å². The summed E-state index contributed by atoms with van der Waals surface area (Å²) >= 11 is 0. The molecule has 1 amide bonds. The Kier molecular flexibility index (Phi) is 8.71. The number of nitrogens with two attached hydrogens (primary N) is 1. The quantitative estimate of drug-likeness (QED) is 0.289. The van der Waals surface area contributed by atoms with Crippen LogP contribution in [0.25, 0.3) is 0 Å². The third kappa shape index (κ3) is 5.88. The number of benzene rings is 1. The summed E-state index contributed by atoms with van der Waals surface area (Å²) in [5.74, 6) is 6.78. The summed E-state index contributed by atoms with van der Waals surface area (Å²) in [6.45, 7) is 5.34. The minimum Gasteiger partial charge on any atom is -0.493 e. The third-order valence-electron chi connectivity index (χ3n) is 4.94. The molecule has 2 rings (SSSR count). The van der Waals surface area contributed by atoms with Crippen LogP contribution in [0, 0.1) is 5.92 Å². The van der Waals surface area contributed by atoms with Gasteiger partial charge in [0.05, 0.1) is 19.6 Å². The van der Waals surface area contributed by atoms with Crippen LogP contribution in [0.4, 0.5) is 0 Å². The molecule has 0 aliphatic carbocycles. The molecule has 26 heavy (non-hydrogen) atoms. The molecule has 146 valence electrons. The number of piperidine rings is 1. The first-order valence-electron chi connectivity index (χ1n) is 9.71. The molecule has 1 fully saturated rings. The number of ether oxygens (including phenoxy) is 2. The second-order valence-corrected chi connectivity index (χ2v) is 6.94. The highest BCUT2D eigenvalue weighted by Crippen LogP contribution is 2.33. The summed E-state index contributed by atoms with van der Waals surface area (Å²) in [6, 6.07) is 6.01. The van der Waals surface area contributed by atoms with Gasteiger partial charge in [0.2, 0.25) is 5.91 Å². The number of methoxy groups -OCH3 is 1. The van der Waals surface area contributed by atoms with Crippen molar-refractivity contribution in [2.45, 2.75) is 52.0 Å². The molecule has 1 unspecified atom stereocenters. The number of rotatable bonds is 10. The van der Waals surface area contributed by atoms with Gasteiger partial charge in [-0.25, -0.2) is 5.84 Å². The zero-order valence-corrected chi connectivity index (χ0v) is 16.1. The van der Waals surface area contributed by atoms with E-state index in [0.717, 1.165) is 56.0 Å². The van der Waals surface area contributed by atoms with Crippen molar-refractivity contribution >= 4 is 5.91 Å². The number of unbranched alkanes of at least 4 members (excludes halogenated alkanes) is 3. The van der Waals surface area contributed by atoms with E-state index in [1.807, 2.05) is 12.1 Å². The zero-order chi connectivity index (χ0) is 18.8. The Balaban J connectivity index is 2.02. The number of carbonyl (C=O) groups excluding carboxylic acids is 1. The molecular weight excluding hydrogens is 330 g/mol. The fourth-order valence-electron chi connectivity index (χ4n) is 3.49. The van der Waals surface area contributed by atoms with Gasteiger partial charge in [0.15, 0.2) is 11.5 Å². The van der Waals surface area contributed by atoms with Crippen molar-refractivity contribution < 1.29 is 14.3 Å². The Labute approximate surface area is 157 Å². The van der Waals surface area contributed by atoms with Crippen LogP contribution in [0.2, 0.25) is 0 Å². The molecule has 0 radical (unpaired) electrons. The second-order valence-electron chi connectivity index (χ2n) is 6.94. The summed E-state index contributed by atoms with van der Waals surface area (Å²) in [4.78, 5) is 14.1. The Morgan fingerprint density at radius 1 is 1.35 bits per heavy atom. The highest BCUT2D eigenvalue weighted by molar-refractivity contribution is 5.78. The first-order valence-corrected chi connectivity index (χ1v) is 9.71. The number of nitrogens with zero attached hydrogens (tertiary/aromatic N) is 1. The fourth-order valence-corrected chi connectivity index (χ4v) is 3.49. The number of nitrogens with one attached hydrogen (secondary N) is 1. The van der Waals surface area contributed by atoms with Gasteiger partial charge >= 0.3 is 0 Å². The standard InChI is InChI=1S/C20H33N3O3/c1-3-4-5-6-13-26-19-16(9-7-11-18(19)25-2)14-23-12-8-10-17(15-23)20(24)22-21/h7,9,11,17H,3-6,8,10,12-15,21H2,1-2H3,(H,22,24). The Morgan fingerprint density at radius 2 is 2.19 bits per heavy atom. The van der Waals surface area contributed by atoms with Crippen molar-refractivity contribution in [2.75, 3.05) is 26.8 Å². The predicted molar refractivity (Wildman–Crippen MR) is 103 cm³/mol. The number of hydrogen-bond acceptors (Lipinski definition) is 5. The molecule has 1 heterocycles. The highest BCUT2D eigenvalue weighted by atomic mass is 16.5. The molecule has 0 saturated carbocycles. The molecule has 1 aromatic rings. The van der Waals surface area contributed by atoms with Crippen molar-refractivity contribution in [1.29, 1.82) is 0 Å². The zero-order valence-electron chi connectivity index (χ0n) is 16.1. The van der Waals surface area contributed by atoms with Crippen LogP contribution in [-0.4, -0.2) is 37.6 Å². The lowest BCUT2D eigenvalue weighted by Gasteiger charge is -2.32. The van der Waals surface area contributed by atoms with E-state index in [4.69, 9.17) is 15.3 Å². The minimum absolute atomic E-state index is 0.0437. The minimum atomic E-state index is -0.0762. The summed E-state index contributed by atoms with van der Waals surface area (Å²) in [7, 11) is 1.67. The third-order valence-corrected chi connectivity index (χ3v) is 4.94.